The van der Waals surface area contributed by atoms with Crippen molar-refractivity contribution in [1.29, 1.82) is 0 Å². The van der Waals surface area contributed by atoms with Gasteiger partial charge in [0.25, 0.3) is 5.56 Å². The zero-order chi connectivity index (χ0) is 18.7. The van der Waals surface area contributed by atoms with Crippen LogP contribution in [0.25, 0.3) is 16.7 Å². The van der Waals surface area contributed by atoms with E-state index >= 15 is 0 Å². The highest BCUT2D eigenvalue weighted by Gasteiger charge is 2.20. The number of nitrogens with one attached hydrogen (secondary N) is 1. The molecule has 1 aromatic carbocycles. The molecule has 0 aliphatic carbocycles. The van der Waals surface area contributed by atoms with Crippen molar-refractivity contribution in [1.82, 2.24) is 19.7 Å². The number of nitrogens with zero attached hydrogens (tertiary/aromatic N) is 3. The van der Waals surface area contributed by atoms with Gasteiger partial charge in [-0.15, -0.1) is 0 Å². The number of H-pyrrole nitrogens is 1. The van der Waals surface area contributed by atoms with Gasteiger partial charge in [0.2, 0.25) is 0 Å². The molecule has 0 aliphatic heterocycles. The average Bonchev–Trinajstić information content (AvgIpc) is 3.09. The van der Waals surface area contributed by atoms with Crippen molar-refractivity contribution < 1.29 is 4.74 Å². The Hall–Kier alpha value is -2.22. The minimum atomic E-state index is -0.389. The maximum atomic E-state index is 13.2. The van der Waals surface area contributed by atoms with E-state index < -0.39 is 0 Å². The number of aryl methyl sites for hydroxylation is 1. The molecule has 3 N–H and O–H groups in total. The summed E-state index contributed by atoms with van der Waals surface area (Å²) in [6.45, 7) is 2.61. The molecule has 138 valence electrons. The van der Waals surface area contributed by atoms with Crippen LogP contribution in [0.3, 0.4) is 0 Å². The van der Waals surface area contributed by atoms with Crippen molar-refractivity contribution in [3.8, 4) is 5.82 Å². The summed E-state index contributed by atoms with van der Waals surface area (Å²) in [7, 11) is 1.67. The molecular weight excluding hydrogens is 354 g/mol. The number of hydrogen-bond acceptors (Lipinski definition) is 5. The van der Waals surface area contributed by atoms with Crippen LogP contribution in [-0.2, 0) is 11.2 Å². The van der Waals surface area contributed by atoms with Gasteiger partial charge in [-0.2, -0.15) is 5.10 Å². The van der Waals surface area contributed by atoms with Gasteiger partial charge in [0, 0.05) is 25.5 Å². The minimum absolute atomic E-state index is 0.269. The van der Waals surface area contributed by atoms with Crippen molar-refractivity contribution in [3.63, 3.8) is 0 Å². The molecule has 0 amide bonds. The minimum Gasteiger partial charge on any atom is -0.385 e. The lowest BCUT2D eigenvalue weighted by Gasteiger charge is -2.16. The third kappa shape index (κ3) is 3.51. The molecule has 3 aromatic rings. The Labute approximate surface area is 156 Å². The van der Waals surface area contributed by atoms with Crippen molar-refractivity contribution in [2.45, 2.75) is 32.2 Å². The summed E-state index contributed by atoms with van der Waals surface area (Å²) in [5.41, 5.74) is 7.41. The van der Waals surface area contributed by atoms with E-state index in [1.165, 1.54) is 4.57 Å². The standard InChI is InChI=1S/C18H22ClN5O2/c1-3-13(20)17-21-14-8-4-7-12(19)16(14)18(25)24(17)15-10-11(22-23-15)6-5-9-26-2/h4,7-8,10,13H,3,5-6,9,20H2,1-2H3,(H,22,23). The summed E-state index contributed by atoms with van der Waals surface area (Å²) in [4.78, 5) is 17.8. The van der Waals surface area contributed by atoms with E-state index in [0.717, 1.165) is 18.5 Å². The van der Waals surface area contributed by atoms with Crippen molar-refractivity contribution in [3.05, 3.63) is 51.2 Å². The van der Waals surface area contributed by atoms with Crippen LogP contribution in [0.4, 0.5) is 0 Å². The first-order valence-corrected chi connectivity index (χ1v) is 8.95. The number of benzene rings is 1. The third-order valence-corrected chi connectivity index (χ3v) is 4.60. The van der Waals surface area contributed by atoms with Gasteiger partial charge in [0.05, 0.1) is 22.0 Å². The van der Waals surface area contributed by atoms with Gasteiger partial charge in [0.15, 0.2) is 5.82 Å². The maximum Gasteiger partial charge on any atom is 0.268 e. The van der Waals surface area contributed by atoms with E-state index in [4.69, 9.17) is 22.1 Å². The average molecular weight is 376 g/mol. The molecule has 1 atom stereocenters. The maximum absolute atomic E-state index is 13.2. The molecule has 8 heteroatoms. The van der Waals surface area contributed by atoms with E-state index in [1.54, 1.807) is 25.3 Å². The smallest absolute Gasteiger partial charge is 0.268 e. The molecule has 0 bridgehead atoms. The first kappa shape index (κ1) is 18.6. The van der Waals surface area contributed by atoms with Crippen LogP contribution >= 0.6 is 11.6 Å². The zero-order valence-corrected chi connectivity index (χ0v) is 15.6. The van der Waals surface area contributed by atoms with E-state index in [0.29, 0.717) is 40.6 Å². The molecule has 2 heterocycles. The Morgan fingerprint density at radius 1 is 1.42 bits per heavy atom. The number of ether oxygens (including phenoxy) is 1. The van der Waals surface area contributed by atoms with Gasteiger partial charge in [-0.1, -0.05) is 24.6 Å². The Bertz CT molecular complexity index is 966. The molecule has 0 fully saturated rings. The SMILES string of the molecule is CCC(N)c1nc2cccc(Cl)c2c(=O)n1-c1cc(CCCOC)[nH]n1. The van der Waals surface area contributed by atoms with Crippen LogP contribution < -0.4 is 11.3 Å². The van der Waals surface area contributed by atoms with Crippen LogP contribution in [0.5, 0.6) is 0 Å². The van der Waals surface area contributed by atoms with Crippen LogP contribution in [0.15, 0.2) is 29.1 Å². The second kappa shape index (κ2) is 7.99. The molecule has 0 saturated carbocycles. The van der Waals surface area contributed by atoms with Gasteiger partial charge in [-0.3, -0.25) is 9.89 Å². The van der Waals surface area contributed by atoms with Crippen LogP contribution in [-0.4, -0.2) is 33.5 Å². The molecule has 26 heavy (non-hydrogen) atoms. The Morgan fingerprint density at radius 3 is 2.96 bits per heavy atom. The van der Waals surface area contributed by atoms with E-state index in [1.807, 2.05) is 13.0 Å². The van der Waals surface area contributed by atoms with Crippen LogP contribution in [0.2, 0.25) is 5.02 Å². The molecule has 7 nitrogen and oxygen atoms in total. The van der Waals surface area contributed by atoms with Crippen molar-refractivity contribution in [2.75, 3.05) is 13.7 Å². The molecule has 0 saturated heterocycles. The van der Waals surface area contributed by atoms with Gasteiger partial charge in [0.1, 0.15) is 5.82 Å². The molecule has 1 unspecified atom stereocenters. The lowest BCUT2D eigenvalue weighted by atomic mass is 10.2. The summed E-state index contributed by atoms with van der Waals surface area (Å²) in [5, 5.41) is 8.00. The number of hydrogen-bond donors (Lipinski definition) is 2. The second-order valence-electron chi connectivity index (χ2n) is 6.11. The third-order valence-electron chi connectivity index (χ3n) is 4.29. The number of aromatic amines is 1. The van der Waals surface area contributed by atoms with E-state index in [-0.39, 0.29) is 11.6 Å². The summed E-state index contributed by atoms with van der Waals surface area (Å²) >= 11 is 6.25. The topological polar surface area (TPSA) is 98.8 Å². The Kier molecular flexibility index (Phi) is 5.70. The lowest BCUT2D eigenvalue weighted by molar-refractivity contribution is 0.195. The van der Waals surface area contributed by atoms with Gasteiger partial charge in [-0.25, -0.2) is 9.55 Å². The molecule has 0 radical (unpaired) electrons. The second-order valence-corrected chi connectivity index (χ2v) is 6.51. The molecule has 3 rings (SSSR count). The largest absolute Gasteiger partial charge is 0.385 e. The molecular formula is C18H22ClN5O2. The predicted molar refractivity (Wildman–Crippen MR) is 102 cm³/mol. The highest BCUT2D eigenvalue weighted by Crippen LogP contribution is 2.22. The Morgan fingerprint density at radius 2 is 2.23 bits per heavy atom. The van der Waals surface area contributed by atoms with Crippen molar-refractivity contribution >= 4 is 22.5 Å². The fourth-order valence-electron chi connectivity index (χ4n) is 2.86. The summed E-state index contributed by atoms with van der Waals surface area (Å²) in [5.74, 6) is 0.942. The van der Waals surface area contributed by atoms with Gasteiger partial charge >= 0.3 is 0 Å². The van der Waals surface area contributed by atoms with Crippen LogP contribution in [0, 0.1) is 0 Å². The Balaban J connectivity index is 2.16. The highest BCUT2D eigenvalue weighted by molar-refractivity contribution is 6.35. The summed E-state index contributed by atoms with van der Waals surface area (Å²) in [6.07, 6.45) is 2.27. The van der Waals surface area contributed by atoms with E-state index in [9.17, 15) is 4.79 Å². The number of fused-ring (bicyclic) bond motifs is 1. The highest BCUT2D eigenvalue weighted by atomic mass is 35.5. The number of halogens is 1. The first-order chi connectivity index (χ1) is 12.6. The summed E-state index contributed by atoms with van der Waals surface area (Å²) < 4.78 is 6.53. The summed E-state index contributed by atoms with van der Waals surface area (Å²) in [6, 6.07) is 6.66. The number of methoxy groups -OCH3 is 1. The number of nitrogens with two attached hydrogens (primary N) is 1. The first-order valence-electron chi connectivity index (χ1n) is 8.57. The number of rotatable bonds is 7. The van der Waals surface area contributed by atoms with Gasteiger partial charge in [-0.05, 0) is 31.4 Å². The van der Waals surface area contributed by atoms with Crippen LogP contribution in [0.1, 0.15) is 37.3 Å². The number of aromatic nitrogens is 4. The normalized spacial score (nSPS) is 12.6. The molecule has 0 aliphatic rings. The molecule has 2 aromatic heterocycles. The quantitative estimate of drug-likeness (QED) is 0.618. The van der Waals surface area contributed by atoms with Crippen molar-refractivity contribution in [2.24, 2.45) is 5.73 Å². The fourth-order valence-corrected chi connectivity index (χ4v) is 3.11. The van der Waals surface area contributed by atoms with Gasteiger partial charge < -0.3 is 10.5 Å². The fraction of sp³-hybridized carbons (Fsp3) is 0.389. The predicted octanol–water partition coefficient (Wildman–Crippen LogP) is 2.75. The molecule has 0 spiro atoms. The zero-order valence-electron chi connectivity index (χ0n) is 14.8. The monoisotopic (exact) mass is 375 g/mol. The lowest BCUT2D eigenvalue weighted by Crippen LogP contribution is -2.28. The van der Waals surface area contributed by atoms with E-state index in [2.05, 4.69) is 15.2 Å².